The monoisotopic (exact) mass is 258 g/mol. The number of ether oxygens (including phenoxy) is 2. The molecule has 0 saturated heterocycles. The van der Waals surface area contributed by atoms with E-state index in [1.54, 1.807) is 6.07 Å². The van der Waals surface area contributed by atoms with Crippen LogP contribution in [-0.4, -0.2) is 11.9 Å². The molecule has 0 unspecified atom stereocenters. The van der Waals surface area contributed by atoms with Gasteiger partial charge in [-0.1, -0.05) is 11.6 Å². The molecule has 1 aromatic rings. The normalized spacial score (nSPS) is 13.1. The zero-order chi connectivity index (χ0) is 13.7. The molecule has 0 atom stereocenters. The van der Waals surface area contributed by atoms with E-state index in [9.17, 15) is 5.11 Å². The average Bonchev–Trinajstić information content (AvgIpc) is 2.83. The molecule has 1 N–H and O–H groups in total. The van der Waals surface area contributed by atoms with E-state index in [1.807, 2.05) is 13.0 Å². The number of benzene rings is 1. The molecule has 100 valence electrons. The van der Waals surface area contributed by atoms with Crippen LogP contribution in [0.3, 0.4) is 0 Å². The lowest BCUT2D eigenvalue weighted by molar-refractivity contribution is 0.174. The molecule has 1 aliphatic heterocycles. The number of phenolic OH excluding ortho intramolecular Hbond substituents is 1. The maximum atomic E-state index is 9.91. The maximum Gasteiger partial charge on any atom is 0.231 e. The second-order valence-corrected chi connectivity index (χ2v) is 4.52. The predicted molar refractivity (Wildman–Crippen MR) is 74.4 cm³/mol. The second kappa shape index (κ2) is 6.19. The standard InChI is InChI=1S/C16H18O3/c1-3-4-5-6-12(2)7-8-13-9-15-16(10-14(13)17)19-11-18-15/h7,9-10,17H,5-6,8,11H2,1-2H3/b12-7+. The highest BCUT2D eigenvalue weighted by Crippen LogP contribution is 2.37. The van der Waals surface area contributed by atoms with E-state index in [1.165, 1.54) is 5.57 Å². The lowest BCUT2D eigenvalue weighted by atomic mass is 10.1. The lowest BCUT2D eigenvalue weighted by Gasteiger charge is -2.05. The van der Waals surface area contributed by atoms with Crippen molar-refractivity contribution in [3.8, 4) is 29.1 Å². The first kappa shape index (κ1) is 13.4. The zero-order valence-electron chi connectivity index (χ0n) is 11.3. The summed E-state index contributed by atoms with van der Waals surface area (Å²) in [6, 6.07) is 3.46. The molecule has 0 amide bonds. The predicted octanol–water partition coefficient (Wildman–Crippen LogP) is 3.41. The quantitative estimate of drug-likeness (QED) is 0.664. The van der Waals surface area contributed by atoms with Gasteiger partial charge in [0.05, 0.1) is 0 Å². The third-order valence-electron chi connectivity index (χ3n) is 3.07. The van der Waals surface area contributed by atoms with Crippen molar-refractivity contribution in [2.75, 3.05) is 6.79 Å². The molecular formula is C16H18O3. The van der Waals surface area contributed by atoms with Gasteiger partial charge in [0, 0.05) is 18.1 Å². The minimum absolute atomic E-state index is 0.225. The fourth-order valence-electron chi connectivity index (χ4n) is 1.91. The van der Waals surface area contributed by atoms with E-state index in [0.29, 0.717) is 17.9 Å². The Morgan fingerprint density at radius 1 is 1.37 bits per heavy atom. The van der Waals surface area contributed by atoms with Gasteiger partial charge in [-0.2, -0.15) is 0 Å². The number of allylic oxidation sites excluding steroid dienone is 2. The molecule has 19 heavy (non-hydrogen) atoms. The molecule has 2 rings (SSSR count). The Morgan fingerprint density at radius 2 is 2.11 bits per heavy atom. The van der Waals surface area contributed by atoms with Crippen molar-refractivity contribution in [1.82, 2.24) is 0 Å². The van der Waals surface area contributed by atoms with Gasteiger partial charge in [0.2, 0.25) is 6.79 Å². The van der Waals surface area contributed by atoms with Crippen molar-refractivity contribution in [2.45, 2.75) is 33.1 Å². The minimum atomic E-state index is 0.225. The summed E-state index contributed by atoms with van der Waals surface area (Å²) in [5.41, 5.74) is 2.13. The Labute approximate surface area is 113 Å². The smallest absolute Gasteiger partial charge is 0.231 e. The number of rotatable bonds is 4. The molecule has 0 radical (unpaired) electrons. The molecule has 0 bridgehead atoms. The van der Waals surface area contributed by atoms with Crippen LogP contribution >= 0.6 is 0 Å². The molecule has 1 aliphatic rings. The van der Waals surface area contributed by atoms with Crippen LogP contribution in [0.4, 0.5) is 0 Å². The van der Waals surface area contributed by atoms with Crippen molar-refractivity contribution in [2.24, 2.45) is 0 Å². The molecule has 1 aromatic carbocycles. The van der Waals surface area contributed by atoms with Crippen molar-refractivity contribution >= 4 is 0 Å². The Morgan fingerprint density at radius 3 is 2.84 bits per heavy atom. The molecule has 0 saturated carbocycles. The van der Waals surface area contributed by atoms with E-state index in [-0.39, 0.29) is 12.5 Å². The van der Waals surface area contributed by atoms with Crippen LogP contribution < -0.4 is 9.47 Å². The van der Waals surface area contributed by atoms with Gasteiger partial charge >= 0.3 is 0 Å². The van der Waals surface area contributed by atoms with Crippen molar-refractivity contribution in [3.63, 3.8) is 0 Å². The molecule has 1 heterocycles. The van der Waals surface area contributed by atoms with Gasteiger partial charge in [-0.3, -0.25) is 0 Å². The van der Waals surface area contributed by atoms with Gasteiger partial charge in [-0.05, 0) is 32.8 Å². The van der Waals surface area contributed by atoms with Crippen molar-refractivity contribution in [1.29, 1.82) is 0 Å². The van der Waals surface area contributed by atoms with Crippen LogP contribution in [0.25, 0.3) is 0 Å². The number of aromatic hydroxyl groups is 1. The second-order valence-electron chi connectivity index (χ2n) is 4.52. The average molecular weight is 258 g/mol. The Hall–Kier alpha value is -2.08. The molecule has 0 fully saturated rings. The van der Waals surface area contributed by atoms with Gasteiger partial charge in [-0.15, -0.1) is 11.8 Å². The fraction of sp³-hybridized carbons (Fsp3) is 0.375. The van der Waals surface area contributed by atoms with Crippen molar-refractivity contribution < 1.29 is 14.6 Å². The Balaban J connectivity index is 2.02. The van der Waals surface area contributed by atoms with E-state index in [4.69, 9.17) is 9.47 Å². The highest BCUT2D eigenvalue weighted by Gasteiger charge is 2.16. The van der Waals surface area contributed by atoms with Gasteiger partial charge in [0.25, 0.3) is 0 Å². The largest absolute Gasteiger partial charge is 0.508 e. The summed E-state index contributed by atoms with van der Waals surface area (Å²) in [5, 5.41) is 9.91. The first-order valence-electron chi connectivity index (χ1n) is 6.37. The van der Waals surface area contributed by atoms with Crippen molar-refractivity contribution in [3.05, 3.63) is 29.3 Å². The summed E-state index contributed by atoms with van der Waals surface area (Å²) in [7, 11) is 0. The third-order valence-corrected chi connectivity index (χ3v) is 3.07. The van der Waals surface area contributed by atoms with Crippen LogP contribution in [0, 0.1) is 11.8 Å². The topological polar surface area (TPSA) is 38.7 Å². The van der Waals surface area contributed by atoms with E-state index in [0.717, 1.165) is 18.4 Å². The summed E-state index contributed by atoms with van der Waals surface area (Å²) in [6.45, 7) is 4.16. The fourth-order valence-corrected chi connectivity index (χ4v) is 1.91. The highest BCUT2D eigenvalue weighted by molar-refractivity contribution is 5.51. The van der Waals surface area contributed by atoms with Gasteiger partial charge in [-0.25, -0.2) is 0 Å². The summed E-state index contributed by atoms with van der Waals surface area (Å²) < 4.78 is 10.5. The molecular weight excluding hydrogens is 240 g/mol. The minimum Gasteiger partial charge on any atom is -0.508 e. The molecule has 0 spiro atoms. The molecule has 3 nitrogen and oxygen atoms in total. The SMILES string of the molecule is CC#CCC/C(C)=C/Cc1cc2c(cc1O)OCO2. The summed E-state index contributed by atoms with van der Waals surface area (Å²) >= 11 is 0. The zero-order valence-corrected chi connectivity index (χ0v) is 11.3. The maximum absolute atomic E-state index is 9.91. The van der Waals surface area contributed by atoms with Crippen LogP contribution in [0.2, 0.25) is 0 Å². The van der Waals surface area contributed by atoms with E-state index >= 15 is 0 Å². The van der Waals surface area contributed by atoms with Crippen LogP contribution in [0.5, 0.6) is 17.2 Å². The van der Waals surface area contributed by atoms with Gasteiger partial charge < -0.3 is 14.6 Å². The molecule has 3 heteroatoms. The van der Waals surface area contributed by atoms with Gasteiger partial charge in [0.1, 0.15) is 5.75 Å². The number of phenols is 1. The summed E-state index contributed by atoms with van der Waals surface area (Å²) in [5.74, 6) is 7.50. The van der Waals surface area contributed by atoms with E-state index in [2.05, 4.69) is 24.8 Å². The Kier molecular flexibility index (Phi) is 4.35. The van der Waals surface area contributed by atoms with Crippen LogP contribution in [0.15, 0.2) is 23.8 Å². The van der Waals surface area contributed by atoms with Crippen LogP contribution in [-0.2, 0) is 6.42 Å². The third kappa shape index (κ3) is 3.45. The van der Waals surface area contributed by atoms with E-state index < -0.39 is 0 Å². The van der Waals surface area contributed by atoms with Gasteiger partial charge in [0.15, 0.2) is 11.5 Å². The lowest BCUT2D eigenvalue weighted by Crippen LogP contribution is -1.92. The summed E-state index contributed by atoms with van der Waals surface area (Å²) in [4.78, 5) is 0. The first-order valence-corrected chi connectivity index (χ1v) is 6.37. The first-order chi connectivity index (χ1) is 9.20. The summed E-state index contributed by atoms with van der Waals surface area (Å²) in [6.07, 6.45) is 4.65. The number of fused-ring (bicyclic) bond motifs is 1. The van der Waals surface area contributed by atoms with Crippen LogP contribution in [0.1, 0.15) is 32.3 Å². The molecule has 0 aromatic heterocycles. The Bertz CT molecular complexity index is 547. The molecule has 0 aliphatic carbocycles. The highest BCUT2D eigenvalue weighted by atomic mass is 16.7. The number of hydrogen-bond acceptors (Lipinski definition) is 3. The number of hydrogen-bond donors (Lipinski definition) is 1.